The van der Waals surface area contributed by atoms with Crippen LogP contribution in [-0.4, -0.2) is 73.9 Å². The predicted molar refractivity (Wildman–Crippen MR) is 84.2 cm³/mol. The van der Waals surface area contributed by atoms with Crippen LogP contribution >= 0.6 is 0 Å². The highest BCUT2D eigenvalue weighted by molar-refractivity contribution is 4.87. The van der Waals surface area contributed by atoms with E-state index in [2.05, 4.69) is 35.9 Å². The molecule has 1 N–H and O–H groups in total. The Labute approximate surface area is 124 Å². The molecule has 0 aliphatic carbocycles. The van der Waals surface area contributed by atoms with E-state index in [4.69, 9.17) is 4.74 Å². The standard InChI is InChI=1S/C16H33N3O/c1-4-5-14(2)17-12-15(3)19-7-6-16(13-19)18-8-10-20-11-9-18/h14-17H,4-13H2,1-3H3. The maximum atomic E-state index is 5.46. The van der Waals surface area contributed by atoms with Crippen molar-refractivity contribution in [1.82, 2.24) is 15.1 Å². The average Bonchev–Trinajstić information content (AvgIpc) is 2.96. The van der Waals surface area contributed by atoms with E-state index in [9.17, 15) is 0 Å². The van der Waals surface area contributed by atoms with Gasteiger partial charge in [0.1, 0.15) is 0 Å². The van der Waals surface area contributed by atoms with Gasteiger partial charge >= 0.3 is 0 Å². The number of nitrogens with zero attached hydrogens (tertiary/aromatic N) is 2. The van der Waals surface area contributed by atoms with Crippen LogP contribution in [0.1, 0.15) is 40.0 Å². The predicted octanol–water partition coefficient (Wildman–Crippen LogP) is 1.56. The van der Waals surface area contributed by atoms with Gasteiger partial charge in [-0.25, -0.2) is 0 Å². The van der Waals surface area contributed by atoms with E-state index in [0.29, 0.717) is 12.1 Å². The Balaban J connectivity index is 1.68. The van der Waals surface area contributed by atoms with Crippen molar-refractivity contribution in [2.75, 3.05) is 45.9 Å². The summed E-state index contributed by atoms with van der Waals surface area (Å²) in [6.45, 7) is 14.6. The Morgan fingerprint density at radius 1 is 1.20 bits per heavy atom. The molecule has 3 atom stereocenters. The molecule has 2 rings (SSSR count). The molecule has 0 saturated carbocycles. The smallest absolute Gasteiger partial charge is 0.0594 e. The fourth-order valence-corrected chi connectivity index (χ4v) is 3.45. The maximum Gasteiger partial charge on any atom is 0.0594 e. The van der Waals surface area contributed by atoms with Crippen LogP contribution in [0, 0.1) is 0 Å². The molecule has 2 heterocycles. The summed E-state index contributed by atoms with van der Waals surface area (Å²) in [5.41, 5.74) is 0. The minimum atomic E-state index is 0.653. The van der Waals surface area contributed by atoms with Crippen LogP contribution in [0.2, 0.25) is 0 Å². The van der Waals surface area contributed by atoms with Gasteiger partial charge in [0.15, 0.2) is 0 Å². The van der Waals surface area contributed by atoms with Crippen molar-refractivity contribution in [3.63, 3.8) is 0 Å². The Kier molecular flexibility index (Phi) is 6.75. The molecule has 118 valence electrons. The van der Waals surface area contributed by atoms with Gasteiger partial charge in [-0.05, 0) is 26.7 Å². The van der Waals surface area contributed by atoms with Crippen LogP contribution < -0.4 is 5.32 Å². The zero-order chi connectivity index (χ0) is 14.4. The number of likely N-dealkylation sites (tertiary alicyclic amines) is 1. The number of hydrogen-bond donors (Lipinski definition) is 1. The molecule has 3 unspecified atom stereocenters. The topological polar surface area (TPSA) is 27.7 Å². The monoisotopic (exact) mass is 283 g/mol. The van der Waals surface area contributed by atoms with Crippen LogP contribution in [0.25, 0.3) is 0 Å². The molecule has 20 heavy (non-hydrogen) atoms. The first kappa shape index (κ1) is 16.2. The van der Waals surface area contributed by atoms with Gasteiger partial charge in [-0.3, -0.25) is 9.80 Å². The molecule has 4 heteroatoms. The Morgan fingerprint density at radius 2 is 1.95 bits per heavy atom. The normalized spacial score (nSPS) is 28.6. The number of ether oxygens (including phenoxy) is 1. The summed E-state index contributed by atoms with van der Waals surface area (Å²) in [5.74, 6) is 0. The second-order valence-corrected chi connectivity index (χ2v) is 6.53. The highest BCUT2D eigenvalue weighted by Crippen LogP contribution is 2.18. The van der Waals surface area contributed by atoms with Gasteiger partial charge in [-0.1, -0.05) is 13.3 Å². The van der Waals surface area contributed by atoms with Gasteiger partial charge in [0.2, 0.25) is 0 Å². The van der Waals surface area contributed by atoms with E-state index in [-0.39, 0.29) is 0 Å². The number of morpholine rings is 1. The van der Waals surface area contributed by atoms with Crippen LogP contribution in [0.4, 0.5) is 0 Å². The lowest BCUT2D eigenvalue weighted by molar-refractivity contribution is 0.0177. The first-order chi connectivity index (χ1) is 9.70. The zero-order valence-corrected chi connectivity index (χ0v) is 13.6. The Bertz CT molecular complexity index is 268. The van der Waals surface area contributed by atoms with Crippen LogP contribution in [0.5, 0.6) is 0 Å². The fraction of sp³-hybridized carbons (Fsp3) is 1.00. The van der Waals surface area contributed by atoms with Crippen LogP contribution in [0.3, 0.4) is 0 Å². The lowest BCUT2D eigenvalue weighted by Crippen LogP contribution is -2.46. The first-order valence-electron chi connectivity index (χ1n) is 8.50. The fourth-order valence-electron chi connectivity index (χ4n) is 3.45. The van der Waals surface area contributed by atoms with Gasteiger partial charge in [0, 0.05) is 50.8 Å². The van der Waals surface area contributed by atoms with E-state index < -0.39 is 0 Å². The molecule has 0 aromatic rings. The molecule has 4 nitrogen and oxygen atoms in total. The van der Waals surface area contributed by atoms with E-state index >= 15 is 0 Å². The zero-order valence-electron chi connectivity index (χ0n) is 13.6. The lowest BCUT2D eigenvalue weighted by atomic mass is 10.2. The van der Waals surface area contributed by atoms with E-state index in [1.165, 1.54) is 32.4 Å². The summed E-state index contributed by atoms with van der Waals surface area (Å²) in [6, 6.07) is 2.06. The second kappa shape index (κ2) is 8.32. The van der Waals surface area contributed by atoms with Crippen molar-refractivity contribution in [2.24, 2.45) is 0 Å². The van der Waals surface area contributed by atoms with Gasteiger partial charge < -0.3 is 10.1 Å². The highest BCUT2D eigenvalue weighted by atomic mass is 16.5. The molecule has 0 aromatic carbocycles. The third-order valence-corrected chi connectivity index (χ3v) is 4.86. The molecule has 0 aromatic heterocycles. The van der Waals surface area contributed by atoms with Gasteiger partial charge in [0.25, 0.3) is 0 Å². The molecule has 2 saturated heterocycles. The van der Waals surface area contributed by atoms with Gasteiger partial charge in [0.05, 0.1) is 13.2 Å². The van der Waals surface area contributed by atoms with Crippen molar-refractivity contribution in [3.05, 3.63) is 0 Å². The molecular weight excluding hydrogens is 250 g/mol. The molecule has 2 aliphatic heterocycles. The van der Waals surface area contributed by atoms with Crippen molar-refractivity contribution < 1.29 is 4.74 Å². The summed E-state index contributed by atoms with van der Waals surface area (Å²) in [7, 11) is 0. The minimum absolute atomic E-state index is 0.653. The molecule has 0 spiro atoms. The largest absolute Gasteiger partial charge is 0.379 e. The quantitative estimate of drug-likeness (QED) is 0.767. The van der Waals surface area contributed by atoms with Crippen molar-refractivity contribution >= 4 is 0 Å². The second-order valence-electron chi connectivity index (χ2n) is 6.53. The third-order valence-electron chi connectivity index (χ3n) is 4.86. The summed E-state index contributed by atoms with van der Waals surface area (Å²) in [5, 5.41) is 3.68. The molecule has 2 aliphatic rings. The lowest BCUT2D eigenvalue weighted by Gasteiger charge is -2.33. The van der Waals surface area contributed by atoms with Gasteiger partial charge in [-0.15, -0.1) is 0 Å². The summed E-state index contributed by atoms with van der Waals surface area (Å²) >= 11 is 0. The maximum absolute atomic E-state index is 5.46. The minimum Gasteiger partial charge on any atom is -0.379 e. The third kappa shape index (κ3) is 4.69. The van der Waals surface area contributed by atoms with Crippen molar-refractivity contribution in [1.29, 1.82) is 0 Å². The van der Waals surface area contributed by atoms with Crippen LogP contribution in [-0.2, 0) is 4.74 Å². The summed E-state index contributed by atoms with van der Waals surface area (Å²) in [6.07, 6.45) is 3.88. The Morgan fingerprint density at radius 3 is 2.65 bits per heavy atom. The number of rotatable bonds is 7. The average molecular weight is 283 g/mol. The number of nitrogens with one attached hydrogen (secondary N) is 1. The molecule has 0 bridgehead atoms. The number of hydrogen-bond acceptors (Lipinski definition) is 4. The van der Waals surface area contributed by atoms with Gasteiger partial charge in [-0.2, -0.15) is 0 Å². The summed E-state index contributed by atoms with van der Waals surface area (Å²) < 4.78 is 5.46. The van der Waals surface area contributed by atoms with E-state index in [1.807, 2.05) is 0 Å². The van der Waals surface area contributed by atoms with E-state index in [1.54, 1.807) is 0 Å². The van der Waals surface area contributed by atoms with Crippen molar-refractivity contribution in [3.8, 4) is 0 Å². The molecule has 0 amide bonds. The molecule has 0 radical (unpaired) electrons. The molecule has 2 fully saturated rings. The van der Waals surface area contributed by atoms with Crippen LogP contribution in [0.15, 0.2) is 0 Å². The first-order valence-corrected chi connectivity index (χ1v) is 8.50. The summed E-state index contributed by atoms with van der Waals surface area (Å²) in [4.78, 5) is 5.29. The Hall–Kier alpha value is -0.160. The van der Waals surface area contributed by atoms with Crippen molar-refractivity contribution in [2.45, 2.75) is 58.2 Å². The van der Waals surface area contributed by atoms with E-state index in [0.717, 1.165) is 38.9 Å². The SMILES string of the molecule is CCCC(C)NCC(C)N1CCC(N2CCOCC2)C1. The molecular formula is C16H33N3O. The highest BCUT2D eigenvalue weighted by Gasteiger charge is 2.30.